The molecule has 2 unspecified atom stereocenters. The van der Waals surface area contributed by atoms with Gasteiger partial charge in [-0.2, -0.15) is 5.26 Å². The lowest BCUT2D eigenvalue weighted by atomic mass is 10.0. The van der Waals surface area contributed by atoms with Crippen molar-refractivity contribution in [2.45, 2.75) is 43.9 Å². The second-order valence-electron chi connectivity index (χ2n) is 10.9. The van der Waals surface area contributed by atoms with Gasteiger partial charge in [0, 0.05) is 31.1 Å². The van der Waals surface area contributed by atoms with Crippen LogP contribution < -0.4 is 14.8 Å². The summed E-state index contributed by atoms with van der Waals surface area (Å²) in [6.07, 6.45) is 3.29. The number of aromatic nitrogens is 1. The number of para-hydroxylation sites is 1. The van der Waals surface area contributed by atoms with Gasteiger partial charge in [-0.15, -0.1) is 0 Å². The molecule has 0 radical (unpaired) electrons. The van der Waals surface area contributed by atoms with Gasteiger partial charge in [-0.1, -0.05) is 42.5 Å². The van der Waals surface area contributed by atoms with Gasteiger partial charge in [-0.3, -0.25) is 19.3 Å². The van der Waals surface area contributed by atoms with Gasteiger partial charge in [0.15, 0.2) is 5.25 Å². The molecule has 1 aliphatic heterocycles. The fraction of sp³-hybridized carbons (Fsp3) is 0.294. The zero-order chi connectivity index (χ0) is 31.8. The van der Waals surface area contributed by atoms with Crippen molar-refractivity contribution in [3.05, 3.63) is 102 Å². The molecule has 1 fully saturated rings. The number of anilines is 1. The summed E-state index contributed by atoms with van der Waals surface area (Å²) in [7, 11) is -4.35. The number of likely N-dealkylation sites (tertiary alicyclic amines) is 1. The van der Waals surface area contributed by atoms with E-state index in [1.165, 1.54) is 0 Å². The Kier molecular flexibility index (Phi) is 9.95. The monoisotopic (exact) mass is 625 g/mol. The topological polar surface area (TPSA) is 141 Å². The van der Waals surface area contributed by atoms with Gasteiger partial charge in [0.05, 0.1) is 29.4 Å². The van der Waals surface area contributed by atoms with E-state index in [-0.39, 0.29) is 24.4 Å². The van der Waals surface area contributed by atoms with E-state index < -0.39 is 27.2 Å². The maximum Gasteiger partial charge on any atom is 0.245 e. The average molecular weight is 626 g/mol. The van der Waals surface area contributed by atoms with Crippen molar-refractivity contribution in [2.24, 2.45) is 0 Å². The third kappa shape index (κ3) is 7.77. The summed E-state index contributed by atoms with van der Waals surface area (Å²) in [5, 5.41) is 11.1. The Morgan fingerprint density at radius 3 is 2.31 bits per heavy atom. The maximum atomic E-state index is 14.1. The molecule has 2 atom stereocenters. The summed E-state index contributed by atoms with van der Waals surface area (Å²) in [5.41, 5.74) is 2.51. The summed E-state index contributed by atoms with van der Waals surface area (Å²) in [6, 6.07) is 23.5. The molecule has 2 heterocycles. The van der Waals surface area contributed by atoms with Crippen LogP contribution in [0.2, 0.25) is 0 Å². The van der Waals surface area contributed by atoms with Gasteiger partial charge in [0.2, 0.25) is 21.8 Å². The van der Waals surface area contributed by atoms with E-state index in [9.17, 15) is 23.3 Å². The molecule has 0 saturated carbocycles. The highest BCUT2D eigenvalue weighted by Gasteiger charge is 2.37. The number of benzene rings is 3. The molecule has 1 saturated heterocycles. The van der Waals surface area contributed by atoms with Gasteiger partial charge in [0.25, 0.3) is 0 Å². The molecular weight excluding hydrogens is 590 g/mol. The first-order valence-electron chi connectivity index (χ1n) is 14.9. The number of sulfonamides is 1. The molecule has 3 aromatic carbocycles. The number of pyridine rings is 1. The number of carbonyl (C=O) groups is 2. The predicted octanol–water partition coefficient (Wildman–Crippen LogP) is 4.21. The molecule has 0 bridgehead atoms. The van der Waals surface area contributed by atoms with Crippen LogP contribution in [0.4, 0.5) is 5.69 Å². The van der Waals surface area contributed by atoms with Crippen LogP contribution in [0.15, 0.2) is 85.1 Å². The standard InChI is InChI=1S/C34H35N5O5S/c1-2-44-28-16-14-25(15-17-28)22-31(45(42,43)38-29-9-5-7-27-8-6-18-36-32(27)29)33(40)37-30(34(41)39-19-3-4-20-39)21-24-10-12-26(23-35)13-11-24/h5-18,30-31,38H,2-4,19-22H2,1H3,(H,37,40). The minimum absolute atomic E-state index is 0.142. The van der Waals surface area contributed by atoms with Crippen molar-refractivity contribution in [3.63, 3.8) is 0 Å². The van der Waals surface area contributed by atoms with Gasteiger partial charge in [-0.05, 0) is 73.7 Å². The van der Waals surface area contributed by atoms with Crippen LogP contribution in [0.5, 0.6) is 5.75 Å². The Balaban J connectivity index is 1.46. The zero-order valence-corrected chi connectivity index (χ0v) is 25.8. The molecule has 10 nitrogen and oxygen atoms in total. The summed E-state index contributed by atoms with van der Waals surface area (Å²) < 4.78 is 36.2. The van der Waals surface area contributed by atoms with Crippen LogP contribution in [0.1, 0.15) is 36.5 Å². The highest BCUT2D eigenvalue weighted by atomic mass is 32.2. The van der Waals surface area contributed by atoms with Crippen molar-refractivity contribution in [1.82, 2.24) is 15.2 Å². The molecule has 0 aliphatic carbocycles. The van der Waals surface area contributed by atoms with Gasteiger partial charge >= 0.3 is 0 Å². The molecule has 1 aromatic heterocycles. The first-order chi connectivity index (χ1) is 21.8. The van der Waals surface area contributed by atoms with Crippen LogP contribution in [0, 0.1) is 11.3 Å². The lowest BCUT2D eigenvalue weighted by Gasteiger charge is -2.26. The number of nitriles is 1. The molecule has 2 N–H and O–H groups in total. The maximum absolute atomic E-state index is 14.1. The number of nitrogens with one attached hydrogen (secondary N) is 2. The minimum atomic E-state index is -4.35. The molecule has 232 valence electrons. The highest BCUT2D eigenvalue weighted by Crippen LogP contribution is 2.24. The number of nitrogens with zero attached hydrogens (tertiary/aromatic N) is 3. The lowest BCUT2D eigenvalue weighted by Crippen LogP contribution is -2.53. The molecule has 4 aromatic rings. The van der Waals surface area contributed by atoms with E-state index in [2.05, 4.69) is 21.1 Å². The fourth-order valence-corrected chi connectivity index (χ4v) is 6.81. The van der Waals surface area contributed by atoms with E-state index in [1.807, 2.05) is 19.1 Å². The van der Waals surface area contributed by atoms with Crippen LogP contribution in [0.3, 0.4) is 0 Å². The molecule has 11 heteroatoms. The SMILES string of the molecule is CCOc1ccc(CC(C(=O)NC(Cc2ccc(C#N)cc2)C(=O)N2CCCC2)S(=O)(=O)Nc2cccc3cccnc23)cc1. The van der Waals surface area contributed by atoms with E-state index in [1.54, 1.807) is 77.8 Å². The third-order valence-electron chi connectivity index (χ3n) is 7.76. The average Bonchev–Trinajstić information content (AvgIpc) is 3.59. The normalized spacial score (nSPS) is 14.4. The number of hydrogen-bond donors (Lipinski definition) is 2. The third-order valence-corrected chi connectivity index (χ3v) is 9.40. The summed E-state index contributed by atoms with van der Waals surface area (Å²) in [5.74, 6) is -0.437. The highest BCUT2D eigenvalue weighted by molar-refractivity contribution is 7.94. The summed E-state index contributed by atoms with van der Waals surface area (Å²) >= 11 is 0. The van der Waals surface area contributed by atoms with Crippen molar-refractivity contribution >= 4 is 38.4 Å². The number of carbonyl (C=O) groups excluding carboxylic acids is 2. The van der Waals surface area contributed by atoms with E-state index in [0.717, 1.165) is 23.8 Å². The van der Waals surface area contributed by atoms with E-state index >= 15 is 0 Å². The van der Waals surface area contributed by atoms with Gasteiger partial charge < -0.3 is 15.0 Å². The Morgan fingerprint density at radius 2 is 1.62 bits per heavy atom. The number of hydrogen-bond acceptors (Lipinski definition) is 7. The largest absolute Gasteiger partial charge is 0.494 e. The molecule has 0 spiro atoms. The Bertz CT molecular complexity index is 1790. The molecule has 2 amide bonds. The summed E-state index contributed by atoms with van der Waals surface area (Å²) in [6.45, 7) is 3.49. The first-order valence-corrected chi connectivity index (χ1v) is 16.5. The van der Waals surface area contributed by atoms with Crippen LogP contribution in [-0.2, 0) is 32.5 Å². The number of fused-ring (bicyclic) bond motifs is 1. The number of amides is 2. The van der Waals surface area contributed by atoms with Crippen molar-refractivity contribution in [1.29, 1.82) is 5.26 Å². The molecular formula is C34H35N5O5S. The number of ether oxygens (including phenoxy) is 1. The van der Waals surface area contributed by atoms with Crippen LogP contribution in [-0.4, -0.2) is 61.1 Å². The Morgan fingerprint density at radius 1 is 0.956 bits per heavy atom. The minimum Gasteiger partial charge on any atom is -0.494 e. The second kappa shape index (κ2) is 14.2. The summed E-state index contributed by atoms with van der Waals surface area (Å²) in [4.78, 5) is 33.7. The van der Waals surface area contributed by atoms with Crippen LogP contribution in [0.25, 0.3) is 10.9 Å². The second-order valence-corrected chi connectivity index (χ2v) is 12.8. The van der Waals surface area contributed by atoms with Crippen molar-refractivity contribution in [3.8, 4) is 11.8 Å². The quantitative estimate of drug-likeness (QED) is 0.240. The fourth-order valence-electron chi connectivity index (χ4n) is 5.43. The van der Waals surface area contributed by atoms with Crippen LogP contribution >= 0.6 is 0 Å². The van der Waals surface area contributed by atoms with Gasteiger partial charge in [-0.25, -0.2) is 8.42 Å². The Labute approximate surface area is 263 Å². The first kappa shape index (κ1) is 31.5. The zero-order valence-electron chi connectivity index (χ0n) is 25.0. The predicted molar refractivity (Wildman–Crippen MR) is 172 cm³/mol. The van der Waals surface area contributed by atoms with Crippen molar-refractivity contribution in [2.75, 3.05) is 24.4 Å². The van der Waals surface area contributed by atoms with E-state index in [0.29, 0.717) is 42.1 Å². The van der Waals surface area contributed by atoms with Gasteiger partial charge in [0.1, 0.15) is 11.8 Å². The Hall–Kier alpha value is -4.95. The van der Waals surface area contributed by atoms with E-state index in [4.69, 9.17) is 4.74 Å². The lowest BCUT2D eigenvalue weighted by molar-refractivity contribution is -0.135. The molecule has 1 aliphatic rings. The smallest absolute Gasteiger partial charge is 0.245 e. The van der Waals surface area contributed by atoms with Crippen molar-refractivity contribution < 1.29 is 22.7 Å². The molecule has 45 heavy (non-hydrogen) atoms. The number of rotatable bonds is 12. The molecule has 5 rings (SSSR count).